The van der Waals surface area contributed by atoms with Crippen molar-refractivity contribution < 1.29 is 0 Å². The largest absolute Gasteiger partial charge is 0.307 e. The summed E-state index contributed by atoms with van der Waals surface area (Å²) in [6.45, 7) is 4.79. The van der Waals surface area contributed by atoms with Gasteiger partial charge in [0.25, 0.3) is 0 Å². The number of hydrogen-bond donors (Lipinski definition) is 0. The van der Waals surface area contributed by atoms with Crippen molar-refractivity contribution >= 4 is 43.6 Å². The van der Waals surface area contributed by atoms with E-state index in [1.807, 2.05) is 0 Å². The maximum absolute atomic E-state index is 5.45. The Hall–Kier alpha value is -6.78. The van der Waals surface area contributed by atoms with Crippen LogP contribution in [0.3, 0.4) is 0 Å². The van der Waals surface area contributed by atoms with E-state index < -0.39 is 0 Å². The average Bonchev–Trinajstić information content (AvgIpc) is 3.82. The fraction of sp³-hybridized carbons (Fsp3) is 0.0612. The van der Waals surface area contributed by atoms with Gasteiger partial charge in [-0.1, -0.05) is 153 Å². The molecule has 0 aliphatic heterocycles. The summed E-state index contributed by atoms with van der Waals surface area (Å²) in [4.78, 5) is 10.9. The molecule has 3 aromatic heterocycles. The fourth-order valence-corrected chi connectivity index (χ4v) is 9.06. The van der Waals surface area contributed by atoms with Crippen molar-refractivity contribution in [1.82, 2.24) is 19.1 Å². The minimum absolute atomic E-state index is 0.259. The Morgan fingerprint density at radius 3 is 1.60 bits per heavy atom. The topological polar surface area (TPSA) is 35.6 Å². The van der Waals surface area contributed by atoms with Crippen molar-refractivity contribution in [1.29, 1.82) is 0 Å². The number of benzene rings is 7. The minimum atomic E-state index is -0.259. The smallest absolute Gasteiger partial charge is 0.235 e. The van der Waals surface area contributed by atoms with Crippen LogP contribution in [0.15, 0.2) is 170 Å². The molecular formula is C49H34N4. The van der Waals surface area contributed by atoms with Gasteiger partial charge in [-0.05, 0) is 52.6 Å². The van der Waals surface area contributed by atoms with E-state index in [0.29, 0.717) is 5.95 Å². The first-order valence-corrected chi connectivity index (χ1v) is 18.3. The molecule has 0 radical (unpaired) electrons. The normalized spacial score (nSPS) is 13.2. The van der Waals surface area contributed by atoms with Crippen LogP contribution >= 0.6 is 0 Å². The highest BCUT2D eigenvalue weighted by Crippen LogP contribution is 2.58. The number of fused-ring (bicyclic) bond motifs is 12. The predicted molar refractivity (Wildman–Crippen MR) is 219 cm³/mol. The van der Waals surface area contributed by atoms with Crippen LogP contribution in [0.2, 0.25) is 0 Å². The molecule has 0 saturated carbocycles. The maximum Gasteiger partial charge on any atom is 0.235 e. The summed E-state index contributed by atoms with van der Waals surface area (Å²) >= 11 is 0. The van der Waals surface area contributed by atoms with Gasteiger partial charge < -0.3 is 4.57 Å². The van der Waals surface area contributed by atoms with Gasteiger partial charge in [0.15, 0.2) is 0 Å². The zero-order valence-electron chi connectivity index (χ0n) is 29.5. The van der Waals surface area contributed by atoms with Crippen molar-refractivity contribution in [3.8, 4) is 45.3 Å². The summed E-state index contributed by atoms with van der Waals surface area (Å²) in [6.07, 6.45) is 0. The number of rotatable bonds is 4. The van der Waals surface area contributed by atoms with Crippen molar-refractivity contribution in [2.45, 2.75) is 19.3 Å². The molecule has 3 heterocycles. The Balaban J connectivity index is 1.41. The highest BCUT2D eigenvalue weighted by atomic mass is 15.2. The summed E-state index contributed by atoms with van der Waals surface area (Å²) in [5, 5.41) is 4.94. The van der Waals surface area contributed by atoms with Crippen LogP contribution in [-0.2, 0) is 5.41 Å². The van der Waals surface area contributed by atoms with Crippen LogP contribution < -0.4 is 0 Å². The molecule has 10 aromatic rings. The Bertz CT molecular complexity index is 3000. The lowest BCUT2D eigenvalue weighted by Crippen LogP contribution is -2.15. The highest BCUT2D eigenvalue weighted by Gasteiger charge is 2.41. The first-order chi connectivity index (χ1) is 26.1. The zero-order valence-corrected chi connectivity index (χ0v) is 29.5. The molecule has 250 valence electrons. The Morgan fingerprint density at radius 1 is 0.472 bits per heavy atom. The van der Waals surface area contributed by atoms with Gasteiger partial charge in [0.1, 0.15) is 0 Å². The Kier molecular flexibility index (Phi) is 6.27. The van der Waals surface area contributed by atoms with Gasteiger partial charge in [-0.3, -0.25) is 4.57 Å². The number of nitrogens with zero attached hydrogens (tertiary/aromatic N) is 4. The van der Waals surface area contributed by atoms with Crippen LogP contribution in [0.4, 0.5) is 0 Å². The quantitative estimate of drug-likeness (QED) is 0.186. The molecule has 0 bridgehead atoms. The summed E-state index contributed by atoms with van der Waals surface area (Å²) in [5.41, 5.74) is 14.6. The predicted octanol–water partition coefficient (Wildman–Crippen LogP) is 12.3. The summed E-state index contributed by atoms with van der Waals surface area (Å²) < 4.78 is 4.82. The Labute approximate surface area is 307 Å². The second-order valence-corrected chi connectivity index (χ2v) is 14.6. The Morgan fingerprint density at radius 2 is 0.962 bits per heavy atom. The standard InChI is InChI=1S/C49H34N4/c1-49(2)37-27-15-12-24-34(37)42-43-35-25-13-16-28-40(35)52(33-22-10-5-11-23-33)46(43)47-44(45(42)49)36-26-14-17-29-41(36)53(47)48-50-38(31-18-6-3-7-19-31)30-39(51-48)32-20-8-4-9-21-32/h3-30H,1-2H3. The molecule has 7 aromatic carbocycles. The van der Waals surface area contributed by atoms with E-state index in [1.54, 1.807) is 0 Å². The van der Waals surface area contributed by atoms with Crippen molar-refractivity contribution in [2.24, 2.45) is 0 Å². The third kappa shape index (κ3) is 4.18. The molecule has 4 nitrogen and oxygen atoms in total. The minimum Gasteiger partial charge on any atom is -0.307 e. The van der Waals surface area contributed by atoms with Gasteiger partial charge in [-0.2, -0.15) is 0 Å². The van der Waals surface area contributed by atoms with E-state index in [2.05, 4.69) is 193 Å². The van der Waals surface area contributed by atoms with E-state index >= 15 is 0 Å². The van der Waals surface area contributed by atoms with Gasteiger partial charge >= 0.3 is 0 Å². The van der Waals surface area contributed by atoms with Gasteiger partial charge in [-0.25, -0.2) is 9.97 Å². The zero-order chi connectivity index (χ0) is 35.3. The van der Waals surface area contributed by atoms with E-state index in [-0.39, 0.29) is 5.41 Å². The van der Waals surface area contributed by atoms with Crippen LogP contribution in [0.1, 0.15) is 25.0 Å². The third-order valence-electron chi connectivity index (χ3n) is 11.3. The van der Waals surface area contributed by atoms with E-state index in [9.17, 15) is 0 Å². The molecule has 1 aliphatic carbocycles. The van der Waals surface area contributed by atoms with E-state index in [1.165, 1.54) is 49.3 Å². The molecular weight excluding hydrogens is 645 g/mol. The van der Waals surface area contributed by atoms with E-state index in [4.69, 9.17) is 9.97 Å². The second kappa shape index (κ2) is 11.1. The average molecular weight is 679 g/mol. The van der Waals surface area contributed by atoms with Crippen molar-refractivity contribution in [3.63, 3.8) is 0 Å². The van der Waals surface area contributed by atoms with Gasteiger partial charge in [0.2, 0.25) is 5.95 Å². The van der Waals surface area contributed by atoms with Gasteiger partial charge in [0, 0.05) is 43.8 Å². The lowest BCUT2D eigenvalue weighted by molar-refractivity contribution is 0.667. The molecule has 1 aliphatic rings. The van der Waals surface area contributed by atoms with Crippen LogP contribution in [0, 0.1) is 0 Å². The SMILES string of the molecule is CC1(C)c2ccccc2-c2c1c1c3ccccc3n(-c3nc(-c4ccccc4)cc(-c4ccccc4)n3)c1c1c2c2ccccc2n1-c1ccccc1. The summed E-state index contributed by atoms with van der Waals surface area (Å²) in [7, 11) is 0. The number of aromatic nitrogens is 4. The molecule has 0 spiro atoms. The van der Waals surface area contributed by atoms with E-state index in [0.717, 1.165) is 44.8 Å². The molecule has 11 rings (SSSR count). The lowest BCUT2D eigenvalue weighted by atomic mass is 9.80. The van der Waals surface area contributed by atoms with Gasteiger partial charge in [-0.15, -0.1) is 0 Å². The van der Waals surface area contributed by atoms with Crippen LogP contribution in [-0.4, -0.2) is 19.1 Å². The molecule has 53 heavy (non-hydrogen) atoms. The van der Waals surface area contributed by atoms with Gasteiger partial charge in [0.05, 0.1) is 33.5 Å². The molecule has 0 amide bonds. The summed E-state index contributed by atoms with van der Waals surface area (Å²) in [5.74, 6) is 0.649. The fourth-order valence-electron chi connectivity index (χ4n) is 9.06. The summed E-state index contributed by atoms with van der Waals surface area (Å²) in [6, 6.07) is 60.6. The monoisotopic (exact) mass is 678 g/mol. The molecule has 0 saturated heterocycles. The van der Waals surface area contributed by atoms with Crippen LogP contribution in [0.5, 0.6) is 0 Å². The van der Waals surface area contributed by atoms with Crippen LogP contribution in [0.25, 0.3) is 88.9 Å². The maximum atomic E-state index is 5.45. The second-order valence-electron chi connectivity index (χ2n) is 14.6. The first kappa shape index (κ1) is 29.9. The molecule has 4 heteroatoms. The van der Waals surface area contributed by atoms with Crippen molar-refractivity contribution in [2.75, 3.05) is 0 Å². The first-order valence-electron chi connectivity index (χ1n) is 18.3. The lowest BCUT2D eigenvalue weighted by Gasteiger charge is -2.23. The number of hydrogen-bond acceptors (Lipinski definition) is 2. The molecule has 0 unspecified atom stereocenters. The molecule has 0 atom stereocenters. The highest BCUT2D eigenvalue weighted by molar-refractivity contribution is 6.30. The molecule has 0 fully saturated rings. The third-order valence-corrected chi connectivity index (χ3v) is 11.3. The number of para-hydroxylation sites is 3. The van der Waals surface area contributed by atoms with Crippen molar-refractivity contribution in [3.05, 3.63) is 181 Å². The molecule has 0 N–H and O–H groups in total.